The van der Waals surface area contributed by atoms with Gasteiger partial charge in [-0.05, 0) is 42.7 Å². The molecule has 1 atom stereocenters. The van der Waals surface area contributed by atoms with Crippen LogP contribution in [0.25, 0.3) is 0 Å². The fraction of sp³-hybridized carbons (Fsp3) is 0.909. The Kier molecular flexibility index (Phi) is 3.61. The molecule has 0 bridgehead atoms. The Bertz CT molecular complexity index is 354. The molecule has 0 amide bonds. The molecular formula is C11H19N5S. The molecule has 6 heteroatoms. The van der Waals surface area contributed by atoms with Crippen LogP contribution in [0.5, 0.6) is 0 Å². The second-order valence-corrected chi connectivity index (χ2v) is 5.94. The third-order valence-electron chi connectivity index (χ3n) is 3.71. The van der Waals surface area contributed by atoms with Crippen LogP contribution >= 0.6 is 11.8 Å². The van der Waals surface area contributed by atoms with Crippen molar-refractivity contribution < 1.29 is 0 Å². The van der Waals surface area contributed by atoms with Gasteiger partial charge in [-0.2, -0.15) is 0 Å². The quantitative estimate of drug-likeness (QED) is 0.827. The Morgan fingerprint density at radius 3 is 2.88 bits per heavy atom. The summed E-state index contributed by atoms with van der Waals surface area (Å²) in [5, 5.41) is 16.7. The third kappa shape index (κ3) is 2.63. The van der Waals surface area contributed by atoms with Gasteiger partial charge in [0.05, 0.1) is 6.04 Å². The van der Waals surface area contributed by atoms with Gasteiger partial charge in [0, 0.05) is 11.8 Å². The lowest BCUT2D eigenvalue weighted by atomic mass is 10.3. The van der Waals surface area contributed by atoms with Crippen LogP contribution in [0.15, 0.2) is 5.16 Å². The van der Waals surface area contributed by atoms with Crippen LogP contribution in [0.4, 0.5) is 0 Å². The van der Waals surface area contributed by atoms with Gasteiger partial charge in [-0.25, -0.2) is 4.68 Å². The summed E-state index contributed by atoms with van der Waals surface area (Å²) in [5.74, 6) is 1.09. The molecule has 3 rings (SSSR count). The second-order valence-electron chi connectivity index (χ2n) is 4.95. The van der Waals surface area contributed by atoms with E-state index < -0.39 is 0 Å². The van der Waals surface area contributed by atoms with E-state index in [9.17, 15) is 0 Å². The van der Waals surface area contributed by atoms with Gasteiger partial charge in [-0.1, -0.05) is 24.6 Å². The number of tetrazole rings is 1. The first-order chi connectivity index (χ1) is 8.43. The van der Waals surface area contributed by atoms with Gasteiger partial charge >= 0.3 is 0 Å². The van der Waals surface area contributed by atoms with Gasteiger partial charge in [0.2, 0.25) is 5.16 Å². The van der Waals surface area contributed by atoms with Gasteiger partial charge in [-0.15, -0.1) is 5.10 Å². The molecule has 1 unspecified atom stereocenters. The highest BCUT2D eigenvalue weighted by Gasteiger charge is 2.22. The van der Waals surface area contributed by atoms with Gasteiger partial charge in [0.25, 0.3) is 0 Å². The SMILES string of the molecule is C1CNC(CSc2nnnn2C2CCCC2)C1. The van der Waals surface area contributed by atoms with E-state index in [2.05, 4.69) is 20.8 Å². The molecule has 1 N–H and O–H groups in total. The summed E-state index contributed by atoms with van der Waals surface area (Å²) in [7, 11) is 0. The standard InChI is InChI=1S/C11H19N5S/c1-2-6-10(5-1)16-11(13-14-15-16)17-8-9-4-3-7-12-9/h9-10,12H,1-8H2. The summed E-state index contributed by atoms with van der Waals surface area (Å²) >= 11 is 1.80. The molecule has 1 aliphatic heterocycles. The summed E-state index contributed by atoms with van der Waals surface area (Å²) in [6, 6.07) is 1.19. The van der Waals surface area contributed by atoms with Crippen molar-refractivity contribution in [2.75, 3.05) is 12.3 Å². The van der Waals surface area contributed by atoms with Crippen LogP contribution < -0.4 is 5.32 Å². The van der Waals surface area contributed by atoms with Crippen molar-refractivity contribution in [1.82, 2.24) is 25.5 Å². The second kappa shape index (κ2) is 5.35. The van der Waals surface area contributed by atoms with Crippen LogP contribution in [0.2, 0.25) is 0 Å². The minimum atomic E-state index is 0.545. The van der Waals surface area contributed by atoms with E-state index in [0.29, 0.717) is 12.1 Å². The summed E-state index contributed by atoms with van der Waals surface area (Å²) in [6.45, 7) is 1.17. The van der Waals surface area contributed by atoms with E-state index in [1.807, 2.05) is 4.68 Å². The Morgan fingerprint density at radius 1 is 1.24 bits per heavy atom. The topological polar surface area (TPSA) is 55.6 Å². The maximum atomic E-state index is 4.16. The Hall–Kier alpha value is -0.620. The lowest BCUT2D eigenvalue weighted by Crippen LogP contribution is -2.24. The molecule has 1 saturated heterocycles. The minimum Gasteiger partial charge on any atom is -0.313 e. The Balaban J connectivity index is 1.60. The smallest absolute Gasteiger partial charge is 0.209 e. The highest BCUT2D eigenvalue weighted by Crippen LogP contribution is 2.31. The number of nitrogens with zero attached hydrogens (tertiary/aromatic N) is 4. The molecule has 0 radical (unpaired) electrons. The average molecular weight is 253 g/mol. The number of aromatic nitrogens is 4. The van der Waals surface area contributed by atoms with Crippen molar-refractivity contribution in [1.29, 1.82) is 0 Å². The fourth-order valence-electron chi connectivity index (χ4n) is 2.73. The predicted octanol–water partition coefficient (Wildman–Crippen LogP) is 1.63. The average Bonchev–Trinajstić information content (AvgIpc) is 3.09. The molecule has 2 aliphatic rings. The van der Waals surface area contributed by atoms with Gasteiger partial charge in [0.15, 0.2) is 0 Å². The van der Waals surface area contributed by atoms with Crippen LogP contribution in [0.1, 0.15) is 44.6 Å². The van der Waals surface area contributed by atoms with Crippen molar-refractivity contribution in [3.8, 4) is 0 Å². The number of nitrogens with one attached hydrogen (secondary N) is 1. The van der Waals surface area contributed by atoms with Crippen LogP contribution in [-0.4, -0.2) is 38.5 Å². The maximum absolute atomic E-state index is 4.16. The molecule has 17 heavy (non-hydrogen) atoms. The van der Waals surface area contributed by atoms with Crippen molar-refractivity contribution in [3.05, 3.63) is 0 Å². The molecular weight excluding hydrogens is 234 g/mol. The van der Waals surface area contributed by atoms with E-state index >= 15 is 0 Å². The number of thioether (sulfide) groups is 1. The van der Waals surface area contributed by atoms with Crippen molar-refractivity contribution in [3.63, 3.8) is 0 Å². The van der Waals surface area contributed by atoms with Gasteiger partial charge < -0.3 is 5.32 Å². The first-order valence-corrected chi connectivity index (χ1v) is 7.56. The van der Waals surface area contributed by atoms with Crippen molar-refractivity contribution in [2.24, 2.45) is 0 Å². The summed E-state index contributed by atoms with van der Waals surface area (Å²) in [4.78, 5) is 0. The molecule has 1 aromatic heterocycles. The molecule has 1 aliphatic carbocycles. The van der Waals surface area contributed by atoms with E-state index in [1.54, 1.807) is 11.8 Å². The Morgan fingerprint density at radius 2 is 2.12 bits per heavy atom. The van der Waals surface area contributed by atoms with Gasteiger partial charge in [0.1, 0.15) is 0 Å². The van der Waals surface area contributed by atoms with E-state index in [0.717, 1.165) is 10.9 Å². The van der Waals surface area contributed by atoms with Crippen molar-refractivity contribution in [2.45, 2.75) is 55.8 Å². The lowest BCUT2D eigenvalue weighted by molar-refractivity contribution is 0.423. The molecule has 94 valence electrons. The number of hydrogen-bond acceptors (Lipinski definition) is 5. The summed E-state index contributed by atoms with van der Waals surface area (Å²) < 4.78 is 2.05. The Labute approximate surface area is 106 Å². The number of hydrogen-bond donors (Lipinski definition) is 1. The van der Waals surface area contributed by atoms with Crippen LogP contribution in [0, 0.1) is 0 Å². The van der Waals surface area contributed by atoms with E-state index in [4.69, 9.17) is 0 Å². The maximum Gasteiger partial charge on any atom is 0.209 e. The molecule has 2 fully saturated rings. The van der Waals surface area contributed by atoms with Gasteiger partial charge in [-0.3, -0.25) is 0 Å². The summed E-state index contributed by atoms with van der Waals surface area (Å²) in [6.07, 6.45) is 7.70. The highest BCUT2D eigenvalue weighted by molar-refractivity contribution is 7.99. The van der Waals surface area contributed by atoms with E-state index in [1.165, 1.54) is 45.1 Å². The fourth-order valence-corrected chi connectivity index (χ4v) is 3.78. The molecule has 1 saturated carbocycles. The third-order valence-corrected chi connectivity index (χ3v) is 4.81. The molecule has 0 spiro atoms. The first-order valence-electron chi connectivity index (χ1n) is 6.57. The zero-order valence-electron chi connectivity index (χ0n) is 10.0. The highest BCUT2D eigenvalue weighted by atomic mass is 32.2. The largest absolute Gasteiger partial charge is 0.313 e. The molecule has 5 nitrogen and oxygen atoms in total. The van der Waals surface area contributed by atoms with Crippen LogP contribution in [-0.2, 0) is 0 Å². The first kappa shape index (κ1) is 11.5. The lowest BCUT2D eigenvalue weighted by Gasteiger charge is -2.12. The van der Waals surface area contributed by atoms with E-state index in [-0.39, 0.29) is 0 Å². The minimum absolute atomic E-state index is 0.545. The molecule has 2 heterocycles. The zero-order valence-corrected chi connectivity index (χ0v) is 10.8. The summed E-state index contributed by atoms with van der Waals surface area (Å²) in [5.41, 5.74) is 0. The van der Waals surface area contributed by atoms with Crippen LogP contribution in [0.3, 0.4) is 0 Å². The normalized spacial score (nSPS) is 25.8. The van der Waals surface area contributed by atoms with Crippen molar-refractivity contribution >= 4 is 11.8 Å². The predicted molar refractivity (Wildman–Crippen MR) is 67.1 cm³/mol. The monoisotopic (exact) mass is 253 g/mol. The zero-order chi connectivity index (χ0) is 11.5. The molecule has 1 aromatic rings. The molecule has 0 aromatic carbocycles. The number of rotatable bonds is 4.